The van der Waals surface area contributed by atoms with Crippen molar-refractivity contribution in [2.75, 3.05) is 13.2 Å². The normalized spacial score (nSPS) is 16.9. The first-order chi connectivity index (χ1) is 24.7. The van der Waals surface area contributed by atoms with Crippen molar-refractivity contribution >= 4 is 19.8 Å². The predicted octanol–water partition coefficient (Wildman–Crippen LogP) is 10.9. The molecule has 1 saturated heterocycles. The van der Waals surface area contributed by atoms with Gasteiger partial charge >= 0.3 is 19.8 Å². The quantitative estimate of drug-likeness (QED) is 0.0214. The number of unbranched alkanes of at least 4 members (excludes halogenated alkanes) is 14. The highest BCUT2D eigenvalue weighted by atomic mass is 31.2. The molecule has 9 nitrogen and oxygen atoms in total. The Balaban J connectivity index is 2.14. The maximum absolute atomic E-state index is 12.4. The van der Waals surface area contributed by atoms with Crippen molar-refractivity contribution in [1.82, 2.24) is 0 Å². The topological polar surface area (TPSA) is 132 Å². The summed E-state index contributed by atoms with van der Waals surface area (Å²) in [7, 11) is -4.78. The second-order valence-corrected chi connectivity index (χ2v) is 14.9. The predicted molar refractivity (Wildman–Crippen MR) is 206 cm³/mol. The van der Waals surface area contributed by atoms with Gasteiger partial charge in [0.2, 0.25) is 0 Å². The monoisotopic (exact) mass is 738 g/mol. The van der Waals surface area contributed by atoms with Gasteiger partial charge in [-0.1, -0.05) is 127 Å². The van der Waals surface area contributed by atoms with E-state index in [-0.39, 0.29) is 31.7 Å². The number of epoxide rings is 1. The zero-order valence-electron chi connectivity index (χ0n) is 31.9. The van der Waals surface area contributed by atoms with Crippen LogP contribution in [0, 0.1) is 0 Å². The molecular weight excluding hydrogens is 667 g/mol. The summed E-state index contributed by atoms with van der Waals surface area (Å²) < 4.78 is 32.1. The third-order valence-corrected chi connectivity index (χ3v) is 9.23. The molecule has 10 heteroatoms. The molecule has 3 atom stereocenters. The molecule has 0 aromatic heterocycles. The van der Waals surface area contributed by atoms with Gasteiger partial charge < -0.3 is 24.0 Å². The van der Waals surface area contributed by atoms with Crippen molar-refractivity contribution in [2.45, 2.75) is 186 Å². The third kappa shape index (κ3) is 32.4. The maximum Gasteiger partial charge on any atom is 0.469 e. The maximum atomic E-state index is 12.4. The SMILES string of the molecule is CCCCC/C=C\C/C=C\C/C=C\CC1OC1CCCC(=O)OC[C@H](COP(=O)(O)O)OC(=O)CCCCCCC/C=C\CCCCCCCC. The van der Waals surface area contributed by atoms with Gasteiger partial charge in [-0.3, -0.25) is 14.1 Å². The van der Waals surface area contributed by atoms with Crippen molar-refractivity contribution in [3.05, 3.63) is 48.6 Å². The Bertz CT molecular complexity index is 1030. The Hall–Kier alpha value is -2.03. The number of ether oxygens (including phenoxy) is 3. The first-order valence-electron chi connectivity index (χ1n) is 20.1. The second-order valence-electron chi connectivity index (χ2n) is 13.6. The molecule has 1 rings (SSSR count). The molecule has 0 aromatic carbocycles. The van der Waals surface area contributed by atoms with Crippen LogP contribution >= 0.6 is 7.82 Å². The molecule has 0 radical (unpaired) electrons. The minimum absolute atomic E-state index is 0.137. The van der Waals surface area contributed by atoms with Crippen LogP contribution in [0.4, 0.5) is 0 Å². The number of hydrogen-bond acceptors (Lipinski definition) is 7. The third-order valence-electron chi connectivity index (χ3n) is 8.74. The van der Waals surface area contributed by atoms with E-state index in [9.17, 15) is 14.2 Å². The van der Waals surface area contributed by atoms with Crippen LogP contribution < -0.4 is 0 Å². The van der Waals surface area contributed by atoms with Crippen molar-refractivity contribution in [3.8, 4) is 0 Å². The van der Waals surface area contributed by atoms with Crippen LogP contribution in [0.25, 0.3) is 0 Å². The van der Waals surface area contributed by atoms with Crippen LogP contribution in [0.2, 0.25) is 0 Å². The van der Waals surface area contributed by atoms with Crippen molar-refractivity contribution < 1.29 is 42.7 Å². The second kappa shape index (κ2) is 32.6. The fraction of sp³-hybridized carbons (Fsp3) is 0.756. The smallest absolute Gasteiger partial charge is 0.462 e. The number of hydrogen-bond donors (Lipinski definition) is 2. The molecule has 1 aliphatic rings. The van der Waals surface area contributed by atoms with E-state index in [2.05, 4.69) is 67.0 Å². The highest BCUT2D eigenvalue weighted by molar-refractivity contribution is 7.46. The highest BCUT2D eigenvalue weighted by Gasteiger charge is 2.36. The van der Waals surface area contributed by atoms with Crippen molar-refractivity contribution in [1.29, 1.82) is 0 Å². The van der Waals surface area contributed by atoms with Crippen molar-refractivity contribution in [2.24, 2.45) is 0 Å². The van der Waals surface area contributed by atoms with E-state index in [4.69, 9.17) is 24.0 Å². The van der Waals surface area contributed by atoms with Gasteiger partial charge in [-0.2, -0.15) is 0 Å². The Labute approximate surface area is 309 Å². The first-order valence-corrected chi connectivity index (χ1v) is 21.6. The fourth-order valence-corrected chi connectivity index (χ4v) is 5.99. The molecule has 0 aliphatic carbocycles. The van der Waals surface area contributed by atoms with Gasteiger partial charge in [0.1, 0.15) is 6.61 Å². The number of allylic oxidation sites excluding steroid dienone is 7. The number of esters is 2. The number of carbonyl (C=O) groups excluding carboxylic acids is 2. The Morgan fingerprint density at radius 1 is 0.627 bits per heavy atom. The van der Waals surface area contributed by atoms with E-state index >= 15 is 0 Å². The number of phosphoric acid groups is 1. The van der Waals surface area contributed by atoms with E-state index in [1.54, 1.807) is 0 Å². The van der Waals surface area contributed by atoms with Gasteiger partial charge in [0.15, 0.2) is 6.10 Å². The fourth-order valence-electron chi connectivity index (χ4n) is 5.63. The van der Waals surface area contributed by atoms with Crippen LogP contribution in [-0.2, 0) is 32.9 Å². The summed E-state index contributed by atoms with van der Waals surface area (Å²) in [5.74, 6) is -0.973. The zero-order valence-corrected chi connectivity index (χ0v) is 32.8. The number of phosphoric ester groups is 1. The van der Waals surface area contributed by atoms with Crippen LogP contribution in [0.15, 0.2) is 48.6 Å². The largest absolute Gasteiger partial charge is 0.469 e. The van der Waals surface area contributed by atoms with Crippen LogP contribution in [0.3, 0.4) is 0 Å². The van der Waals surface area contributed by atoms with Gasteiger partial charge in [-0.15, -0.1) is 0 Å². The van der Waals surface area contributed by atoms with Gasteiger partial charge in [0.05, 0.1) is 18.8 Å². The molecule has 1 heterocycles. The molecule has 0 spiro atoms. The molecule has 1 fully saturated rings. The molecule has 2 unspecified atom stereocenters. The van der Waals surface area contributed by atoms with Gasteiger partial charge in [0.25, 0.3) is 0 Å². The van der Waals surface area contributed by atoms with Gasteiger partial charge in [-0.25, -0.2) is 4.57 Å². The van der Waals surface area contributed by atoms with E-state index < -0.39 is 32.5 Å². The summed E-state index contributed by atoms with van der Waals surface area (Å²) in [4.78, 5) is 42.9. The molecular formula is C41H71O9P. The Kier molecular flexibility index (Phi) is 30.0. The number of carbonyl (C=O) groups is 2. The molecule has 0 saturated carbocycles. The average Bonchev–Trinajstić information content (AvgIpc) is 3.85. The summed E-state index contributed by atoms with van der Waals surface area (Å²) in [5.41, 5.74) is 0. The average molecular weight is 739 g/mol. The summed E-state index contributed by atoms with van der Waals surface area (Å²) in [5, 5.41) is 0. The van der Waals surface area contributed by atoms with E-state index in [0.29, 0.717) is 12.8 Å². The minimum atomic E-state index is -4.78. The van der Waals surface area contributed by atoms with Gasteiger partial charge in [0, 0.05) is 12.8 Å². The summed E-state index contributed by atoms with van der Waals surface area (Å²) in [6.07, 6.45) is 41.3. The highest BCUT2D eigenvalue weighted by Crippen LogP contribution is 2.36. The lowest BCUT2D eigenvalue weighted by Gasteiger charge is -2.18. The molecule has 51 heavy (non-hydrogen) atoms. The lowest BCUT2D eigenvalue weighted by molar-refractivity contribution is -0.161. The van der Waals surface area contributed by atoms with Crippen molar-refractivity contribution in [3.63, 3.8) is 0 Å². The molecule has 2 N–H and O–H groups in total. The summed E-state index contributed by atoms with van der Waals surface area (Å²) >= 11 is 0. The van der Waals surface area contributed by atoms with E-state index in [1.165, 1.54) is 70.6 Å². The molecule has 294 valence electrons. The first kappa shape index (κ1) is 47.0. The molecule has 0 bridgehead atoms. The molecule has 1 aliphatic heterocycles. The standard InChI is InChI=1S/C41H71O9P/c1-3-5-7-9-11-13-15-17-18-19-21-23-25-27-29-33-41(43)49-37(36-48-51(44,45)46)35-47-40(42)34-30-32-39-38(50-39)31-28-26-24-22-20-16-14-12-10-8-6-4-2/h12,14,17-18,20,22,26,28,37-39H,3-11,13,15-16,19,21,23-25,27,29-36H2,1-2H3,(H2,44,45,46)/b14-12-,18-17-,22-20-,28-26-/t37-,38?,39?/m1/s1. The lowest BCUT2D eigenvalue weighted by Crippen LogP contribution is -2.29. The van der Waals surface area contributed by atoms with E-state index in [1.807, 2.05) is 0 Å². The lowest BCUT2D eigenvalue weighted by atomic mass is 10.1. The number of rotatable bonds is 35. The zero-order chi connectivity index (χ0) is 37.3. The molecule has 0 amide bonds. The van der Waals surface area contributed by atoms with Crippen LogP contribution in [0.5, 0.6) is 0 Å². The Morgan fingerprint density at radius 2 is 1.14 bits per heavy atom. The minimum Gasteiger partial charge on any atom is -0.462 e. The van der Waals surface area contributed by atoms with Gasteiger partial charge in [-0.05, 0) is 77.0 Å². The summed E-state index contributed by atoms with van der Waals surface area (Å²) in [6, 6.07) is 0. The summed E-state index contributed by atoms with van der Waals surface area (Å²) in [6.45, 7) is 3.57. The van der Waals surface area contributed by atoms with Crippen LogP contribution in [-0.4, -0.2) is 53.3 Å². The van der Waals surface area contributed by atoms with E-state index in [0.717, 1.165) is 57.8 Å². The Morgan fingerprint density at radius 3 is 1.78 bits per heavy atom. The molecule has 0 aromatic rings. The van der Waals surface area contributed by atoms with Crippen LogP contribution in [0.1, 0.15) is 168 Å².